The van der Waals surface area contributed by atoms with Crippen LogP contribution in [-0.4, -0.2) is 132 Å². The summed E-state index contributed by atoms with van der Waals surface area (Å²) in [7, 11) is 0. The molecule has 14 atom stereocenters. The average molecular weight is 553 g/mol. The Morgan fingerprint density at radius 1 is 1.08 bits per heavy atom. The van der Waals surface area contributed by atoms with Crippen LogP contribution < -0.4 is 34.0 Å². The Kier molecular flexibility index (Phi) is 11.3. The summed E-state index contributed by atoms with van der Waals surface area (Å²) in [5, 5.41) is 42.7. The summed E-state index contributed by atoms with van der Waals surface area (Å²) >= 11 is 0. The monoisotopic (exact) mass is 552 g/mol. The van der Waals surface area contributed by atoms with E-state index in [1.807, 2.05) is 0 Å². The zero-order valence-electron chi connectivity index (χ0n) is 20.9. The van der Waals surface area contributed by atoms with E-state index in [-0.39, 0.29) is 25.9 Å². The van der Waals surface area contributed by atoms with Crippen molar-refractivity contribution in [3.63, 3.8) is 0 Å². The molecule has 38 heavy (non-hydrogen) atoms. The molecule has 0 spiro atoms. The zero-order valence-corrected chi connectivity index (χ0v) is 20.9. The Morgan fingerprint density at radius 2 is 1.76 bits per heavy atom. The minimum Gasteiger partial charge on any atom is -0.394 e. The van der Waals surface area contributed by atoms with Crippen LogP contribution >= 0.6 is 0 Å². The van der Waals surface area contributed by atoms with Crippen molar-refractivity contribution in [2.75, 3.05) is 19.7 Å². The van der Waals surface area contributed by atoms with Crippen molar-refractivity contribution in [3.05, 3.63) is 12.2 Å². The summed E-state index contributed by atoms with van der Waals surface area (Å²) in [6, 6.07) is -4.11. The van der Waals surface area contributed by atoms with Crippen LogP contribution in [0.15, 0.2) is 12.2 Å². The summed E-state index contributed by atoms with van der Waals surface area (Å²) in [6.45, 7) is -0.482. The number of carbonyl (C=O) groups excluding carboxylic acids is 1. The molecule has 0 aromatic rings. The summed E-state index contributed by atoms with van der Waals surface area (Å²) in [6.07, 6.45) is -10.6. The van der Waals surface area contributed by atoms with Gasteiger partial charge in [-0.25, -0.2) is 4.39 Å². The van der Waals surface area contributed by atoms with E-state index >= 15 is 4.39 Å². The molecule has 2 heterocycles. The lowest BCUT2D eigenvalue weighted by Gasteiger charge is -2.47. The maximum Gasteiger partial charge on any atom is 0.249 e. The first-order valence-corrected chi connectivity index (χ1v) is 12.6. The number of alkyl halides is 1. The molecule has 1 saturated heterocycles. The van der Waals surface area contributed by atoms with Crippen molar-refractivity contribution < 1.29 is 48.6 Å². The standard InChI is InChI=1S/C22H41FN6O9/c23-14-18(37-21-9(26)2-1-8(6-25)35-21)10(27)5-11(29-20(34)12(31)3-4-24)19(14)38-22-17(33)15(28)16(32)13(7-30)36-22/h1-2,8-19,21-22,30-33H,3-7,24-28H2,(H,29,34)/t8?,9?,10-,11+,12-,13?,14?,15-,16+,17?,18?,19-,21+,22+/m0/s1. The third-order valence-electron chi connectivity index (χ3n) is 6.97. The van der Waals surface area contributed by atoms with E-state index in [0.29, 0.717) is 0 Å². The van der Waals surface area contributed by atoms with Crippen LogP contribution in [0, 0.1) is 0 Å². The Balaban J connectivity index is 1.83. The molecule has 16 heteroatoms. The lowest BCUT2D eigenvalue weighted by Crippen LogP contribution is -2.68. The number of amides is 1. The predicted octanol–water partition coefficient (Wildman–Crippen LogP) is -5.65. The number of ether oxygens (including phenoxy) is 4. The van der Waals surface area contributed by atoms with E-state index in [1.165, 1.54) is 0 Å². The minimum atomic E-state index is -2.03. The van der Waals surface area contributed by atoms with Crippen molar-refractivity contribution >= 4 is 5.91 Å². The molecule has 0 aromatic heterocycles. The molecule has 2 fully saturated rings. The fourth-order valence-corrected chi connectivity index (χ4v) is 4.71. The SMILES string of the molecule is NCC[C@H](O)C(=O)N[C@@H]1C[C@H](N)C(O[C@H]2OC(CN)C=CC2N)C(F)[C@H]1O[C@H]1OC(CO)[C@@H](O)[C@H](N)C1O. The van der Waals surface area contributed by atoms with Gasteiger partial charge in [-0.15, -0.1) is 0 Å². The van der Waals surface area contributed by atoms with E-state index in [0.717, 1.165) is 0 Å². The minimum absolute atomic E-state index is 0.0328. The van der Waals surface area contributed by atoms with Crippen molar-refractivity contribution in [2.24, 2.45) is 28.7 Å². The molecule has 2 aliphatic heterocycles. The van der Waals surface area contributed by atoms with Crippen molar-refractivity contribution in [1.29, 1.82) is 0 Å². The number of nitrogens with one attached hydrogen (secondary N) is 1. The lowest BCUT2D eigenvalue weighted by atomic mass is 9.84. The van der Waals surface area contributed by atoms with Gasteiger partial charge in [0.25, 0.3) is 0 Å². The molecular weight excluding hydrogens is 511 g/mol. The molecule has 6 unspecified atom stereocenters. The predicted molar refractivity (Wildman–Crippen MR) is 129 cm³/mol. The highest BCUT2D eigenvalue weighted by atomic mass is 19.1. The topological polar surface area (TPSA) is 277 Å². The van der Waals surface area contributed by atoms with Crippen LogP contribution in [0.4, 0.5) is 4.39 Å². The number of hydrogen-bond donors (Lipinski definition) is 10. The highest BCUT2D eigenvalue weighted by Crippen LogP contribution is 2.32. The number of carbonyl (C=O) groups is 1. The maximum atomic E-state index is 16.1. The van der Waals surface area contributed by atoms with Crippen molar-refractivity contribution in [2.45, 2.75) is 98.5 Å². The van der Waals surface area contributed by atoms with Crippen LogP contribution in [0.2, 0.25) is 0 Å². The Hall–Kier alpha value is -1.38. The first-order chi connectivity index (χ1) is 18.0. The molecule has 0 bridgehead atoms. The van der Waals surface area contributed by atoms with Crippen LogP contribution in [0.3, 0.4) is 0 Å². The Labute approximate surface area is 219 Å². The molecule has 1 amide bonds. The second-order valence-electron chi connectivity index (χ2n) is 9.78. The molecule has 15 nitrogen and oxygen atoms in total. The van der Waals surface area contributed by atoms with E-state index in [2.05, 4.69) is 5.32 Å². The Morgan fingerprint density at radius 3 is 2.39 bits per heavy atom. The van der Waals surface area contributed by atoms with Crippen LogP contribution in [0.1, 0.15) is 12.8 Å². The van der Waals surface area contributed by atoms with Gasteiger partial charge in [0, 0.05) is 12.6 Å². The second kappa shape index (κ2) is 13.8. The summed E-state index contributed by atoms with van der Waals surface area (Å²) in [5.74, 6) is -0.827. The van der Waals surface area contributed by atoms with Crippen LogP contribution in [0.5, 0.6) is 0 Å². The number of halogens is 1. The smallest absolute Gasteiger partial charge is 0.249 e. The number of hydrogen-bond acceptors (Lipinski definition) is 14. The normalized spacial score (nSPS) is 44.5. The maximum absolute atomic E-state index is 16.1. The van der Waals surface area contributed by atoms with Gasteiger partial charge in [0.2, 0.25) is 5.91 Å². The van der Waals surface area contributed by atoms with Gasteiger partial charge in [-0.05, 0) is 19.4 Å². The number of aliphatic hydroxyl groups excluding tert-OH is 4. The molecular formula is C22H41FN6O9. The lowest BCUT2D eigenvalue weighted by molar-refractivity contribution is -0.307. The largest absolute Gasteiger partial charge is 0.394 e. The van der Waals surface area contributed by atoms with Gasteiger partial charge in [0.05, 0.1) is 30.8 Å². The third-order valence-corrected chi connectivity index (χ3v) is 6.97. The number of nitrogens with two attached hydrogens (primary N) is 5. The highest BCUT2D eigenvalue weighted by molar-refractivity contribution is 5.80. The summed E-state index contributed by atoms with van der Waals surface area (Å²) in [4.78, 5) is 12.5. The van der Waals surface area contributed by atoms with Crippen LogP contribution in [-0.2, 0) is 23.7 Å². The van der Waals surface area contributed by atoms with Gasteiger partial charge in [-0.3, -0.25) is 4.79 Å². The second-order valence-corrected chi connectivity index (χ2v) is 9.78. The highest BCUT2D eigenvalue weighted by Gasteiger charge is 2.51. The van der Waals surface area contributed by atoms with Crippen molar-refractivity contribution in [1.82, 2.24) is 5.32 Å². The fraction of sp³-hybridized carbons (Fsp3) is 0.864. The average Bonchev–Trinajstić information content (AvgIpc) is 2.89. The quantitative estimate of drug-likeness (QED) is 0.113. The third kappa shape index (κ3) is 7.03. The van der Waals surface area contributed by atoms with Gasteiger partial charge < -0.3 is 73.4 Å². The van der Waals surface area contributed by atoms with Gasteiger partial charge >= 0.3 is 0 Å². The van der Waals surface area contributed by atoms with Gasteiger partial charge in [-0.2, -0.15) is 0 Å². The molecule has 220 valence electrons. The summed E-state index contributed by atoms with van der Waals surface area (Å²) < 4.78 is 38.9. The molecule has 15 N–H and O–H groups in total. The molecule has 3 rings (SSSR count). The Bertz CT molecular complexity index is 800. The first kappa shape index (κ1) is 31.2. The van der Waals surface area contributed by atoms with Gasteiger partial charge in [0.1, 0.15) is 36.6 Å². The number of aliphatic hydroxyl groups is 4. The summed E-state index contributed by atoms with van der Waals surface area (Å²) in [5.41, 5.74) is 29.2. The molecule has 1 saturated carbocycles. The first-order valence-electron chi connectivity index (χ1n) is 12.6. The van der Waals surface area contributed by atoms with Gasteiger partial charge in [-0.1, -0.05) is 12.2 Å². The van der Waals surface area contributed by atoms with E-state index in [9.17, 15) is 25.2 Å². The van der Waals surface area contributed by atoms with E-state index in [1.54, 1.807) is 12.2 Å². The molecule has 0 radical (unpaired) electrons. The zero-order chi connectivity index (χ0) is 28.1. The molecule has 3 aliphatic rings. The fourth-order valence-electron chi connectivity index (χ4n) is 4.71. The van der Waals surface area contributed by atoms with Crippen molar-refractivity contribution in [3.8, 4) is 0 Å². The van der Waals surface area contributed by atoms with E-state index in [4.69, 9.17) is 47.6 Å². The van der Waals surface area contributed by atoms with Gasteiger partial charge in [0.15, 0.2) is 18.8 Å². The van der Waals surface area contributed by atoms with E-state index < -0.39 is 98.2 Å². The number of rotatable bonds is 10. The van der Waals surface area contributed by atoms with Crippen LogP contribution in [0.25, 0.3) is 0 Å². The molecule has 0 aromatic carbocycles. The molecule has 1 aliphatic carbocycles.